The van der Waals surface area contributed by atoms with Crippen molar-refractivity contribution in [3.8, 4) is 0 Å². The Bertz CT molecular complexity index is 912. The molecule has 4 rings (SSSR count). The second-order valence-electron chi connectivity index (χ2n) is 8.30. The van der Waals surface area contributed by atoms with Gasteiger partial charge in [0.15, 0.2) is 0 Å². The molecule has 6 heteroatoms. The summed E-state index contributed by atoms with van der Waals surface area (Å²) in [6.07, 6.45) is 4.71. The Morgan fingerprint density at radius 3 is 2.71 bits per heavy atom. The monoisotopic (exact) mass is 422 g/mol. The lowest BCUT2D eigenvalue weighted by Gasteiger charge is -2.32. The number of hydrogen-bond donors (Lipinski definition) is 2. The highest BCUT2D eigenvalue weighted by atomic mass is 16.5. The number of methoxy groups -OCH3 is 1. The number of rotatable bonds is 6. The van der Waals surface area contributed by atoms with Crippen molar-refractivity contribution >= 4 is 11.9 Å². The van der Waals surface area contributed by atoms with Gasteiger partial charge in [-0.1, -0.05) is 36.4 Å². The molecule has 1 fully saturated rings. The van der Waals surface area contributed by atoms with Crippen molar-refractivity contribution in [3.05, 3.63) is 70.8 Å². The number of hydrogen-bond acceptors (Lipinski definition) is 5. The Morgan fingerprint density at radius 1 is 1.10 bits per heavy atom. The van der Waals surface area contributed by atoms with Crippen LogP contribution >= 0.6 is 0 Å². The maximum absolute atomic E-state index is 13.0. The van der Waals surface area contributed by atoms with Gasteiger partial charge in [-0.3, -0.25) is 4.79 Å². The number of carbonyl (C=O) groups excluding carboxylic acids is 2. The smallest absolute Gasteiger partial charge is 0.337 e. The van der Waals surface area contributed by atoms with E-state index >= 15 is 0 Å². The largest absolute Gasteiger partial charge is 0.465 e. The summed E-state index contributed by atoms with van der Waals surface area (Å²) in [7, 11) is 1.37. The van der Waals surface area contributed by atoms with Crippen molar-refractivity contribution in [1.82, 2.24) is 10.6 Å². The summed E-state index contributed by atoms with van der Waals surface area (Å²) in [5.74, 6) is -0.294. The molecule has 0 bridgehead atoms. The third kappa shape index (κ3) is 5.32. The fraction of sp³-hybridized carbons (Fsp3) is 0.440. The molecule has 31 heavy (non-hydrogen) atoms. The Balaban J connectivity index is 1.29. The van der Waals surface area contributed by atoms with Crippen molar-refractivity contribution in [2.75, 3.05) is 13.7 Å². The van der Waals surface area contributed by atoms with E-state index in [1.165, 1.54) is 18.2 Å². The maximum atomic E-state index is 13.0. The molecular formula is C25H30N2O4. The van der Waals surface area contributed by atoms with Gasteiger partial charge in [0, 0.05) is 0 Å². The molecular weight excluding hydrogens is 392 g/mol. The number of carbonyl (C=O) groups is 2. The van der Waals surface area contributed by atoms with Crippen LogP contribution in [0.1, 0.15) is 58.8 Å². The van der Waals surface area contributed by atoms with E-state index in [4.69, 9.17) is 9.47 Å². The number of fused-ring (bicyclic) bond motifs is 1. The first-order valence-corrected chi connectivity index (χ1v) is 11.0. The van der Waals surface area contributed by atoms with Crippen LogP contribution in [0.5, 0.6) is 0 Å². The van der Waals surface area contributed by atoms with E-state index in [1.807, 2.05) is 18.2 Å². The zero-order chi connectivity index (χ0) is 21.6. The Kier molecular flexibility index (Phi) is 6.99. The molecule has 0 saturated carbocycles. The third-order valence-electron chi connectivity index (χ3n) is 6.22. The maximum Gasteiger partial charge on any atom is 0.337 e. The van der Waals surface area contributed by atoms with E-state index in [-0.39, 0.29) is 30.1 Å². The summed E-state index contributed by atoms with van der Waals surface area (Å²) in [6.45, 7) is 1.21. The van der Waals surface area contributed by atoms with Gasteiger partial charge < -0.3 is 20.1 Å². The highest BCUT2D eigenvalue weighted by Gasteiger charge is 2.30. The normalized spacial score (nSPS) is 22.9. The van der Waals surface area contributed by atoms with Gasteiger partial charge in [0.2, 0.25) is 5.91 Å². The predicted octanol–water partition coefficient (Wildman–Crippen LogP) is 3.30. The summed E-state index contributed by atoms with van der Waals surface area (Å²) < 4.78 is 10.8. The zero-order valence-electron chi connectivity index (χ0n) is 17.9. The molecule has 1 amide bonds. The van der Waals surface area contributed by atoms with Crippen LogP contribution in [-0.2, 0) is 27.3 Å². The molecule has 2 aromatic carbocycles. The van der Waals surface area contributed by atoms with E-state index in [9.17, 15) is 9.59 Å². The topological polar surface area (TPSA) is 76.7 Å². The highest BCUT2D eigenvalue weighted by molar-refractivity contribution is 5.89. The molecule has 3 atom stereocenters. The Hall–Kier alpha value is -2.70. The van der Waals surface area contributed by atoms with Gasteiger partial charge in [-0.2, -0.15) is 0 Å². The first-order chi connectivity index (χ1) is 15.1. The van der Waals surface area contributed by atoms with Gasteiger partial charge in [0.25, 0.3) is 0 Å². The summed E-state index contributed by atoms with van der Waals surface area (Å²) in [5, 5.41) is 6.60. The summed E-state index contributed by atoms with van der Waals surface area (Å²) in [6, 6.07) is 15.5. The van der Waals surface area contributed by atoms with E-state index in [2.05, 4.69) is 28.8 Å². The second kappa shape index (κ2) is 10.1. The van der Waals surface area contributed by atoms with Crippen molar-refractivity contribution in [1.29, 1.82) is 0 Å². The number of benzene rings is 2. The number of nitrogens with one attached hydrogen (secondary N) is 2. The molecule has 1 aliphatic carbocycles. The van der Waals surface area contributed by atoms with Crippen molar-refractivity contribution in [2.45, 2.75) is 56.9 Å². The van der Waals surface area contributed by atoms with Crippen LogP contribution in [0.4, 0.5) is 0 Å². The minimum absolute atomic E-state index is 0.0240. The minimum atomic E-state index is -0.347. The standard InChI is InChI=1S/C25H30N2O4/c1-30-25(29)19-11-9-17(10-12-19)16-31-20-13-14-26-23(15-20)24(28)27-22-8-4-6-18-5-2-3-7-21(18)22/h2-3,5,7,9-12,20,22-23,26H,4,6,8,13-16H2,1H3,(H,27,28)/t20-,22-,23-/m1/s1. The average Bonchev–Trinajstić information content (AvgIpc) is 2.83. The minimum Gasteiger partial charge on any atom is -0.465 e. The molecule has 0 spiro atoms. The van der Waals surface area contributed by atoms with Crippen LogP contribution in [0.15, 0.2) is 48.5 Å². The fourth-order valence-electron chi connectivity index (χ4n) is 4.48. The quantitative estimate of drug-likeness (QED) is 0.699. The molecule has 0 aromatic heterocycles. The molecule has 164 valence electrons. The molecule has 1 saturated heterocycles. The third-order valence-corrected chi connectivity index (χ3v) is 6.22. The number of aryl methyl sites for hydroxylation is 1. The Morgan fingerprint density at radius 2 is 1.90 bits per heavy atom. The molecule has 1 aliphatic heterocycles. The predicted molar refractivity (Wildman–Crippen MR) is 118 cm³/mol. The van der Waals surface area contributed by atoms with Gasteiger partial charge in [-0.25, -0.2) is 4.79 Å². The highest BCUT2D eigenvalue weighted by Crippen LogP contribution is 2.29. The first-order valence-electron chi connectivity index (χ1n) is 11.0. The number of ether oxygens (including phenoxy) is 2. The van der Waals surface area contributed by atoms with Crippen LogP contribution in [-0.4, -0.2) is 37.7 Å². The van der Waals surface area contributed by atoms with E-state index in [0.717, 1.165) is 37.8 Å². The Labute approximate surface area is 183 Å². The van der Waals surface area contributed by atoms with Gasteiger partial charge in [0.05, 0.1) is 37.5 Å². The first kappa shape index (κ1) is 21.5. The number of esters is 1. The fourth-order valence-corrected chi connectivity index (χ4v) is 4.48. The van der Waals surface area contributed by atoms with E-state index in [1.54, 1.807) is 12.1 Å². The van der Waals surface area contributed by atoms with Crippen molar-refractivity contribution < 1.29 is 19.1 Å². The summed E-state index contributed by atoms with van der Waals surface area (Å²) >= 11 is 0. The lowest BCUT2D eigenvalue weighted by Crippen LogP contribution is -2.51. The molecule has 0 unspecified atom stereocenters. The zero-order valence-corrected chi connectivity index (χ0v) is 17.9. The molecule has 6 nitrogen and oxygen atoms in total. The molecule has 2 N–H and O–H groups in total. The summed E-state index contributed by atoms with van der Waals surface area (Å²) in [5.41, 5.74) is 4.11. The molecule has 0 radical (unpaired) electrons. The SMILES string of the molecule is COC(=O)c1ccc(CO[C@@H]2CCN[C@@H](C(=O)N[C@@H]3CCCc4ccccc43)C2)cc1. The summed E-state index contributed by atoms with van der Waals surface area (Å²) in [4.78, 5) is 24.5. The van der Waals surface area contributed by atoms with Gasteiger partial charge in [-0.05, 0) is 67.5 Å². The van der Waals surface area contributed by atoms with Gasteiger partial charge in [-0.15, -0.1) is 0 Å². The molecule has 2 aromatic rings. The van der Waals surface area contributed by atoms with E-state index < -0.39 is 0 Å². The van der Waals surface area contributed by atoms with Crippen LogP contribution in [0, 0.1) is 0 Å². The lowest BCUT2D eigenvalue weighted by molar-refractivity contribution is -0.126. The van der Waals surface area contributed by atoms with Gasteiger partial charge in [0.1, 0.15) is 0 Å². The van der Waals surface area contributed by atoms with Crippen molar-refractivity contribution in [2.24, 2.45) is 0 Å². The second-order valence-corrected chi connectivity index (χ2v) is 8.30. The van der Waals surface area contributed by atoms with Crippen LogP contribution in [0.3, 0.4) is 0 Å². The lowest BCUT2D eigenvalue weighted by atomic mass is 9.87. The molecule has 2 aliphatic rings. The number of piperidine rings is 1. The number of amides is 1. The van der Waals surface area contributed by atoms with Crippen molar-refractivity contribution in [3.63, 3.8) is 0 Å². The van der Waals surface area contributed by atoms with Crippen LogP contribution in [0.25, 0.3) is 0 Å². The van der Waals surface area contributed by atoms with Gasteiger partial charge >= 0.3 is 5.97 Å². The van der Waals surface area contributed by atoms with Crippen LogP contribution in [0.2, 0.25) is 0 Å². The van der Waals surface area contributed by atoms with E-state index in [0.29, 0.717) is 18.6 Å². The average molecular weight is 423 g/mol. The van der Waals surface area contributed by atoms with Crippen LogP contribution < -0.4 is 10.6 Å². The molecule has 1 heterocycles.